The van der Waals surface area contributed by atoms with Crippen LogP contribution >= 0.6 is 11.3 Å². The summed E-state index contributed by atoms with van der Waals surface area (Å²) in [5, 5.41) is 10.2. The van der Waals surface area contributed by atoms with E-state index in [1.165, 1.54) is 23.5 Å². The number of thiazole rings is 1. The monoisotopic (exact) mass is 493 g/mol. The summed E-state index contributed by atoms with van der Waals surface area (Å²) in [6, 6.07) is 12.7. The van der Waals surface area contributed by atoms with Gasteiger partial charge in [0.1, 0.15) is 5.82 Å². The maximum atomic E-state index is 13.2. The van der Waals surface area contributed by atoms with Crippen LogP contribution in [0.1, 0.15) is 29.4 Å². The summed E-state index contributed by atoms with van der Waals surface area (Å²) in [5.74, 6) is -0.841. The van der Waals surface area contributed by atoms with Crippen LogP contribution in [0.2, 0.25) is 0 Å². The number of rotatable bonds is 9. The van der Waals surface area contributed by atoms with Gasteiger partial charge in [-0.2, -0.15) is 0 Å². The number of carbonyl (C=O) groups is 3. The molecule has 0 aliphatic carbocycles. The third kappa shape index (κ3) is 6.10. The fraction of sp³-hybridized carbons (Fsp3) is 0.200. The topological polar surface area (TPSA) is 105 Å². The van der Waals surface area contributed by atoms with Crippen molar-refractivity contribution in [3.8, 4) is 11.3 Å². The van der Waals surface area contributed by atoms with E-state index in [-0.39, 0.29) is 43.0 Å². The fourth-order valence-electron chi connectivity index (χ4n) is 3.38. The predicted molar refractivity (Wildman–Crippen MR) is 133 cm³/mol. The van der Waals surface area contributed by atoms with Gasteiger partial charge in [-0.3, -0.25) is 18.8 Å². The van der Waals surface area contributed by atoms with Gasteiger partial charge in [-0.1, -0.05) is 6.92 Å². The number of fused-ring (bicyclic) bond motifs is 1. The number of aromatic nitrogens is 2. The Balaban J connectivity index is 1.24. The number of hydrogen-bond donors (Lipinski definition) is 3. The van der Waals surface area contributed by atoms with E-state index < -0.39 is 0 Å². The Labute approximate surface area is 205 Å². The second kappa shape index (κ2) is 10.9. The Kier molecular flexibility index (Phi) is 7.51. The highest BCUT2D eigenvalue weighted by molar-refractivity contribution is 7.15. The number of halogens is 1. The number of anilines is 1. The number of amides is 3. The highest BCUT2D eigenvalue weighted by atomic mass is 32.1. The van der Waals surface area contributed by atoms with Gasteiger partial charge in [-0.25, -0.2) is 9.37 Å². The Bertz CT molecular complexity index is 1350. The molecule has 0 atom stereocenters. The maximum Gasteiger partial charge on any atom is 0.251 e. The van der Waals surface area contributed by atoms with Crippen molar-refractivity contribution < 1.29 is 18.8 Å². The van der Waals surface area contributed by atoms with Crippen molar-refractivity contribution in [1.29, 1.82) is 0 Å². The van der Waals surface area contributed by atoms with Crippen LogP contribution in [-0.2, 0) is 16.0 Å². The second-order valence-corrected chi connectivity index (χ2v) is 8.61. The van der Waals surface area contributed by atoms with E-state index in [9.17, 15) is 18.8 Å². The van der Waals surface area contributed by atoms with E-state index in [0.29, 0.717) is 23.4 Å². The molecule has 0 aliphatic rings. The molecular weight excluding hydrogens is 469 g/mol. The van der Waals surface area contributed by atoms with E-state index in [0.717, 1.165) is 16.2 Å². The second-order valence-electron chi connectivity index (χ2n) is 7.77. The zero-order valence-corrected chi connectivity index (χ0v) is 19.8. The third-order valence-corrected chi connectivity index (χ3v) is 6.14. The van der Waals surface area contributed by atoms with Crippen LogP contribution in [0.3, 0.4) is 0 Å². The quantitative estimate of drug-likeness (QED) is 0.310. The number of benzene rings is 2. The largest absolute Gasteiger partial charge is 0.354 e. The van der Waals surface area contributed by atoms with E-state index in [1.807, 2.05) is 16.0 Å². The van der Waals surface area contributed by atoms with Crippen LogP contribution < -0.4 is 16.0 Å². The normalized spacial score (nSPS) is 10.8. The van der Waals surface area contributed by atoms with Gasteiger partial charge in [0, 0.05) is 53.6 Å². The first kappa shape index (κ1) is 24.1. The lowest BCUT2D eigenvalue weighted by atomic mass is 10.2. The van der Waals surface area contributed by atoms with Crippen LogP contribution in [0.15, 0.2) is 60.1 Å². The molecule has 0 spiro atoms. The Morgan fingerprint density at radius 3 is 2.40 bits per heavy atom. The molecule has 0 bridgehead atoms. The van der Waals surface area contributed by atoms with E-state index in [4.69, 9.17) is 0 Å². The summed E-state index contributed by atoms with van der Waals surface area (Å²) < 4.78 is 15.0. The molecule has 4 rings (SSSR count). The van der Waals surface area contributed by atoms with Crippen molar-refractivity contribution in [2.75, 3.05) is 18.4 Å². The van der Waals surface area contributed by atoms with Gasteiger partial charge in [0.25, 0.3) is 5.91 Å². The first-order valence-electron chi connectivity index (χ1n) is 11.1. The number of hydrogen-bond acceptors (Lipinski definition) is 5. The van der Waals surface area contributed by atoms with Gasteiger partial charge < -0.3 is 16.0 Å². The van der Waals surface area contributed by atoms with Gasteiger partial charge in [-0.05, 0) is 48.5 Å². The summed E-state index contributed by atoms with van der Waals surface area (Å²) in [4.78, 5) is 41.4. The van der Waals surface area contributed by atoms with Gasteiger partial charge in [0.2, 0.25) is 11.8 Å². The minimum atomic E-state index is -0.307. The standard InChI is InChI=1S/C25H24FN5O3S/c1-2-22(32)29-19-9-5-17(6-10-19)24(34)28-12-11-27-23(33)13-20-15-35-25-30-21(14-31(20)25)16-3-7-18(26)8-4-16/h3-10,14-15H,2,11-13H2,1H3,(H,27,33)(H,28,34)(H,29,32). The Hall–Kier alpha value is -4.05. The summed E-state index contributed by atoms with van der Waals surface area (Å²) in [5.41, 5.74) is 3.40. The smallest absolute Gasteiger partial charge is 0.251 e. The lowest BCUT2D eigenvalue weighted by Crippen LogP contribution is -2.35. The lowest BCUT2D eigenvalue weighted by molar-refractivity contribution is -0.120. The molecule has 2 aromatic carbocycles. The molecule has 0 saturated carbocycles. The summed E-state index contributed by atoms with van der Waals surface area (Å²) in [7, 11) is 0. The highest BCUT2D eigenvalue weighted by Crippen LogP contribution is 2.24. The Morgan fingerprint density at radius 1 is 0.971 bits per heavy atom. The van der Waals surface area contributed by atoms with Crippen molar-refractivity contribution in [2.45, 2.75) is 19.8 Å². The molecule has 4 aromatic rings. The van der Waals surface area contributed by atoms with Crippen molar-refractivity contribution in [3.63, 3.8) is 0 Å². The molecule has 0 aliphatic heterocycles. The zero-order valence-electron chi connectivity index (χ0n) is 19.0. The van der Waals surface area contributed by atoms with Crippen molar-refractivity contribution in [1.82, 2.24) is 20.0 Å². The van der Waals surface area contributed by atoms with Crippen LogP contribution in [0.25, 0.3) is 16.2 Å². The van der Waals surface area contributed by atoms with E-state index in [1.54, 1.807) is 43.3 Å². The average Bonchev–Trinajstić information content (AvgIpc) is 3.44. The first-order chi connectivity index (χ1) is 16.9. The van der Waals surface area contributed by atoms with Crippen LogP contribution in [0, 0.1) is 5.82 Å². The molecule has 35 heavy (non-hydrogen) atoms. The number of nitrogens with one attached hydrogen (secondary N) is 3. The zero-order chi connectivity index (χ0) is 24.8. The molecule has 2 heterocycles. The van der Waals surface area contributed by atoms with Crippen LogP contribution in [0.5, 0.6) is 0 Å². The van der Waals surface area contributed by atoms with Crippen molar-refractivity contribution in [3.05, 3.63) is 77.2 Å². The molecular formula is C25H24FN5O3S. The Morgan fingerprint density at radius 2 is 1.69 bits per heavy atom. The van der Waals surface area contributed by atoms with Crippen LogP contribution in [0.4, 0.5) is 10.1 Å². The molecule has 0 fully saturated rings. The highest BCUT2D eigenvalue weighted by Gasteiger charge is 2.13. The number of nitrogens with zero attached hydrogens (tertiary/aromatic N) is 2. The van der Waals surface area contributed by atoms with Crippen molar-refractivity contribution in [2.24, 2.45) is 0 Å². The van der Waals surface area contributed by atoms with Gasteiger partial charge in [0.05, 0.1) is 12.1 Å². The fourth-order valence-corrected chi connectivity index (χ4v) is 4.25. The predicted octanol–water partition coefficient (Wildman–Crippen LogP) is 3.64. The molecule has 0 radical (unpaired) electrons. The summed E-state index contributed by atoms with van der Waals surface area (Å²) >= 11 is 1.43. The first-order valence-corrected chi connectivity index (χ1v) is 12.0. The summed E-state index contributed by atoms with van der Waals surface area (Å²) in [6.45, 7) is 2.32. The molecule has 180 valence electrons. The minimum absolute atomic E-state index is 0.0949. The van der Waals surface area contributed by atoms with Gasteiger partial charge >= 0.3 is 0 Å². The van der Waals surface area contributed by atoms with Gasteiger partial charge in [0.15, 0.2) is 4.96 Å². The number of carbonyl (C=O) groups excluding carboxylic acids is 3. The molecule has 0 saturated heterocycles. The minimum Gasteiger partial charge on any atom is -0.354 e. The molecule has 2 aromatic heterocycles. The number of imidazole rings is 1. The third-order valence-electron chi connectivity index (χ3n) is 5.25. The van der Waals surface area contributed by atoms with E-state index >= 15 is 0 Å². The van der Waals surface area contributed by atoms with Gasteiger partial charge in [-0.15, -0.1) is 11.3 Å². The molecule has 0 unspecified atom stereocenters. The summed E-state index contributed by atoms with van der Waals surface area (Å²) in [6.07, 6.45) is 2.38. The average molecular weight is 494 g/mol. The van der Waals surface area contributed by atoms with E-state index in [2.05, 4.69) is 20.9 Å². The molecule has 10 heteroatoms. The SMILES string of the molecule is CCC(=O)Nc1ccc(C(=O)NCCNC(=O)Cc2csc3nc(-c4ccc(F)cc4)cn23)cc1. The lowest BCUT2D eigenvalue weighted by Gasteiger charge is -2.08. The molecule has 8 nitrogen and oxygen atoms in total. The van der Waals surface area contributed by atoms with Crippen molar-refractivity contribution >= 4 is 39.7 Å². The molecule has 3 N–H and O–H groups in total. The maximum absolute atomic E-state index is 13.2. The molecule has 3 amide bonds. The van der Waals surface area contributed by atoms with Crippen LogP contribution in [-0.4, -0.2) is 40.2 Å².